The van der Waals surface area contributed by atoms with Crippen LogP contribution in [-0.4, -0.2) is 9.97 Å². The molecule has 0 amide bonds. The van der Waals surface area contributed by atoms with E-state index >= 15 is 0 Å². The Kier molecular flexibility index (Phi) is 2.27. The number of nitrogens with two attached hydrogens (primary N) is 1. The molecular weight excluding hydrogens is 234 g/mol. The third-order valence-corrected chi connectivity index (χ3v) is 3.03. The van der Waals surface area contributed by atoms with Gasteiger partial charge in [-0.15, -0.1) is 0 Å². The van der Waals surface area contributed by atoms with Gasteiger partial charge in [0.1, 0.15) is 0 Å². The lowest BCUT2D eigenvalue weighted by atomic mass is 10.1. The molecule has 0 radical (unpaired) electrons. The summed E-state index contributed by atoms with van der Waals surface area (Å²) in [4.78, 5) is 7.50. The molecule has 3 nitrogen and oxygen atoms in total. The van der Waals surface area contributed by atoms with E-state index in [9.17, 15) is 0 Å². The quantitative estimate of drug-likeness (QED) is 0.688. The number of pyridine rings is 1. The van der Waals surface area contributed by atoms with E-state index < -0.39 is 0 Å². The van der Waals surface area contributed by atoms with E-state index in [2.05, 4.69) is 9.97 Å². The van der Waals surface area contributed by atoms with Gasteiger partial charge in [-0.1, -0.05) is 17.7 Å². The van der Waals surface area contributed by atoms with Crippen molar-refractivity contribution in [1.82, 2.24) is 9.97 Å². The number of rotatable bonds is 1. The molecule has 2 aromatic heterocycles. The maximum Gasteiger partial charge on any atom is 0.0744 e. The van der Waals surface area contributed by atoms with Crippen LogP contribution in [0.2, 0.25) is 5.02 Å². The highest BCUT2D eigenvalue weighted by Crippen LogP contribution is 2.33. The van der Waals surface area contributed by atoms with Crippen LogP contribution in [0.25, 0.3) is 22.2 Å². The summed E-state index contributed by atoms with van der Waals surface area (Å²) in [5, 5.41) is 1.69. The Hall–Kier alpha value is -2.00. The minimum atomic E-state index is 0.691. The fourth-order valence-corrected chi connectivity index (χ4v) is 2.21. The first-order chi connectivity index (χ1) is 8.25. The van der Waals surface area contributed by atoms with Crippen molar-refractivity contribution in [3.8, 4) is 11.3 Å². The van der Waals surface area contributed by atoms with Gasteiger partial charge in [-0.3, -0.25) is 4.98 Å². The molecule has 0 unspecified atom stereocenters. The Labute approximate surface area is 103 Å². The number of anilines is 1. The van der Waals surface area contributed by atoms with Gasteiger partial charge in [0, 0.05) is 34.5 Å². The largest absolute Gasteiger partial charge is 0.399 e. The summed E-state index contributed by atoms with van der Waals surface area (Å²) in [7, 11) is 0. The van der Waals surface area contributed by atoms with Crippen molar-refractivity contribution in [2.24, 2.45) is 0 Å². The Morgan fingerprint density at radius 2 is 2.12 bits per heavy atom. The number of nitrogens with zero attached hydrogens (tertiary/aromatic N) is 1. The van der Waals surface area contributed by atoms with E-state index in [-0.39, 0.29) is 0 Å². The summed E-state index contributed by atoms with van der Waals surface area (Å²) in [5.41, 5.74) is 9.25. The lowest BCUT2D eigenvalue weighted by molar-refractivity contribution is 1.33. The van der Waals surface area contributed by atoms with Crippen molar-refractivity contribution in [2.45, 2.75) is 0 Å². The van der Waals surface area contributed by atoms with Crippen molar-refractivity contribution in [1.29, 1.82) is 0 Å². The summed E-state index contributed by atoms with van der Waals surface area (Å²) in [6.45, 7) is 0. The van der Waals surface area contributed by atoms with Crippen molar-refractivity contribution in [2.75, 3.05) is 5.73 Å². The van der Waals surface area contributed by atoms with E-state index in [0.29, 0.717) is 10.7 Å². The highest BCUT2D eigenvalue weighted by molar-refractivity contribution is 6.36. The van der Waals surface area contributed by atoms with Gasteiger partial charge in [-0.25, -0.2) is 0 Å². The first-order valence-corrected chi connectivity index (χ1v) is 5.61. The first-order valence-electron chi connectivity index (χ1n) is 5.23. The number of nitrogens with one attached hydrogen (secondary N) is 1. The van der Waals surface area contributed by atoms with Crippen LogP contribution in [0.1, 0.15) is 0 Å². The van der Waals surface area contributed by atoms with Gasteiger partial charge in [0.2, 0.25) is 0 Å². The van der Waals surface area contributed by atoms with Gasteiger partial charge >= 0.3 is 0 Å². The van der Waals surface area contributed by atoms with E-state index in [1.54, 1.807) is 12.3 Å². The number of benzene rings is 1. The molecule has 3 N–H and O–H groups in total. The fraction of sp³-hybridized carbons (Fsp3) is 0. The fourth-order valence-electron chi connectivity index (χ4n) is 1.94. The molecule has 3 aromatic rings. The van der Waals surface area contributed by atoms with Gasteiger partial charge in [0.25, 0.3) is 0 Å². The Morgan fingerprint density at radius 1 is 1.24 bits per heavy atom. The molecule has 3 rings (SSSR count). The van der Waals surface area contributed by atoms with Crippen LogP contribution >= 0.6 is 11.6 Å². The number of hydrogen-bond donors (Lipinski definition) is 2. The zero-order valence-electron chi connectivity index (χ0n) is 8.94. The predicted molar refractivity (Wildman–Crippen MR) is 71.0 cm³/mol. The van der Waals surface area contributed by atoms with Crippen LogP contribution < -0.4 is 5.73 Å². The molecular formula is C13H10ClN3. The average molecular weight is 244 g/mol. The monoisotopic (exact) mass is 243 g/mol. The molecule has 2 heterocycles. The second-order valence-corrected chi connectivity index (χ2v) is 4.25. The van der Waals surface area contributed by atoms with E-state index in [4.69, 9.17) is 17.3 Å². The predicted octanol–water partition coefficient (Wildman–Crippen LogP) is 3.47. The maximum absolute atomic E-state index is 6.21. The van der Waals surface area contributed by atoms with Gasteiger partial charge in [0.05, 0.1) is 10.7 Å². The second kappa shape index (κ2) is 3.79. The Balaban J connectivity index is 2.31. The second-order valence-electron chi connectivity index (χ2n) is 3.84. The highest BCUT2D eigenvalue weighted by atomic mass is 35.5. The number of aromatic nitrogens is 2. The molecule has 0 aliphatic carbocycles. The van der Waals surface area contributed by atoms with E-state index in [1.165, 1.54) is 0 Å². The Morgan fingerprint density at radius 3 is 2.94 bits per heavy atom. The molecule has 84 valence electrons. The summed E-state index contributed by atoms with van der Waals surface area (Å²) < 4.78 is 0. The van der Waals surface area contributed by atoms with E-state index in [1.807, 2.05) is 30.5 Å². The molecule has 0 spiro atoms. The molecule has 0 atom stereocenters. The lowest BCUT2D eigenvalue weighted by Gasteiger charge is -2.01. The zero-order chi connectivity index (χ0) is 11.8. The van der Waals surface area contributed by atoms with Crippen LogP contribution in [0.4, 0.5) is 5.69 Å². The van der Waals surface area contributed by atoms with Crippen molar-refractivity contribution >= 4 is 28.2 Å². The molecule has 0 bridgehead atoms. The number of aromatic amines is 1. The molecule has 0 aliphatic heterocycles. The number of nitrogen functional groups attached to an aromatic ring is 1. The van der Waals surface area contributed by atoms with Crippen LogP contribution in [-0.2, 0) is 0 Å². The van der Waals surface area contributed by atoms with Gasteiger partial charge in [-0.2, -0.15) is 0 Å². The van der Waals surface area contributed by atoms with Crippen molar-refractivity contribution in [3.63, 3.8) is 0 Å². The molecule has 4 heteroatoms. The SMILES string of the molecule is Nc1ccnc(-c2c[nH]c3cccc(Cl)c23)c1. The zero-order valence-corrected chi connectivity index (χ0v) is 9.70. The van der Waals surface area contributed by atoms with Gasteiger partial charge < -0.3 is 10.7 Å². The third-order valence-electron chi connectivity index (χ3n) is 2.71. The normalized spacial score (nSPS) is 10.9. The van der Waals surface area contributed by atoms with Crippen LogP contribution in [0, 0.1) is 0 Å². The van der Waals surface area contributed by atoms with Crippen LogP contribution in [0.5, 0.6) is 0 Å². The summed E-state index contributed by atoms with van der Waals surface area (Å²) in [6, 6.07) is 9.37. The van der Waals surface area contributed by atoms with E-state index in [0.717, 1.165) is 22.2 Å². The Bertz CT molecular complexity index is 688. The summed E-state index contributed by atoms with van der Waals surface area (Å²) in [6.07, 6.45) is 3.60. The lowest BCUT2D eigenvalue weighted by Crippen LogP contribution is -1.87. The van der Waals surface area contributed by atoms with Gasteiger partial charge in [-0.05, 0) is 24.3 Å². The minimum Gasteiger partial charge on any atom is -0.399 e. The number of H-pyrrole nitrogens is 1. The molecule has 17 heavy (non-hydrogen) atoms. The van der Waals surface area contributed by atoms with Crippen molar-refractivity contribution in [3.05, 3.63) is 47.7 Å². The van der Waals surface area contributed by atoms with Gasteiger partial charge in [0.15, 0.2) is 0 Å². The molecule has 0 saturated heterocycles. The molecule has 1 aromatic carbocycles. The smallest absolute Gasteiger partial charge is 0.0744 e. The first kappa shape index (κ1) is 10.2. The molecule has 0 fully saturated rings. The topological polar surface area (TPSA) is 54.7 Å². The van der Waals surface area contributed by atoms with Crippen LogP contribution in [0.3, 0.4) is 0 Å². The highest BCUT2D eigenvalue weighted by Gasteiger charge is 2.10. The van der Waals surface area contributed by atoms with Crippen molar-refractivity contribution < 1.29 is 0 Å². The maximum atomic E-state index is 6.21. The number of halogens is 1. The number of hydrogen-bond acceptors (Lipinski definition) is 2. The molecule has 0 aliphatic rings. The minimum absolute atomic E-state index is 0.691. The summed E-state index contributed by atoms with van der Waals surface area (Å²) >= 11 is 6.21. The third kappa shape index (κ3) is 1.65. The average Bonchev–Trinajstić information content (AvgIpc) is 2.74. The van der Waals surface area contributed by atoms with Crippen LogP contribution in [0.15, 0.2) is 42.7 Å². The standard InChI is InChI=1S/C13H10ClN3/c14-10-2-1-3-11-13(10)9(7-17-11)12-6-8(15)4-5-16-12/h1-7,17H,(H2,15,16). The molecule has 0 saturated carbocycles. The number of fused-ring (bicyclic) bond motifs is 1. The summed E-state index contributed by atoms with van der Waals surface area (Å²) in [5.74, 6) is 0.